The zero-order chi connectivity index (χ0) is 22.0. The minimum Gasteiger partial charge on any atom is -0.473 e. The third-order valence-electron chi connectivity index (χ3n) is 6.48. The summed E-state index contributed by atoms with van der Waals surface area (Å²) in [6, 6.07) is 33.6. The largest absolute Gasteiger partial charge is 0.473 e. The van der Waals surface area contributed by atoms with Crippen LogP contribution in [0.1, 0.15) is 16.7 Å². The molecule has 2 heterocycles. The molecule has 4 heteroatoms. The van der Waals surface area contributed by atoms with Crippen LogP contribution in [0.3, 0.4) is 0 Å². The highest BCUT2D eigenvalue weighted by atomic mass is 16.5. The summed E-state index contributed by atoms with van der Waals surface area (Å²) in [5, 5.41) is 0. The second kappa shape index (κ2) is 8.55. The van der Waals surface area contributed by atoms with E-state index >= 15 is 0 Å². The van der Waals surface area contributed by atoms with Crippen LogP contribution in [0.5, 0.6) is 17.2 Å². The Morgan fingerprint density at radius 2 is 1.15 bits per heavy atom. The van der Waals surface area contributed by atoms with E-state index in [9.17, 15) is 0 Å². The number of fused-ring (bicyclic) bond motifs is 2. The van der Waals surface area contributed by atoms with Gasteiger partial charge in [0.05, 0.1) is 0 Å². The molecule has 0 saturated heterocycles. The van der Waals surface area contributed by atoms with Gasteiger partial charge in [-0.1, -0.05) is 42.5 Å². The van der Waals surface area contributed by atoms with Crippen LogP contribution in [0, 0.1) is 0 Å². The van der Waals surface area contributed by atoms with Crippen LogP contribution in [-0.4, -0.2) is 13.3 Å². The van der Waals surface area contributed by atoms with Gasteiger partial charge < -0.3 is 19.3 Å². The van der Waals surface area contributed by atoms with Gasteiger partial charge in [0.2, 0.25) is 0 Å². The Labute approximate surface area is 194 Å². The van der Waals surface area contributed by atoms with E-state index in [1.165, 1.54) is 22.4 Å². The first-order chi connectivity index (χ1) is 16.3. The zero-order valence-corrected chi connectivity index (χ0v) is 18.5. The van der Waals surface area contributed by atoms with Crippen molar-refractivity contribution < 1.29 is 9.47 Å². The predicted octanol–water partition coefficient (Wildman–Crippen LogP) is 6.40. The van der Waals surface area contributed by atoms with Crippen molar-refractivity contribution in [1.82, 2.24) is 0 Å². The highest BCUT2D eigenvalue weighted by Gasteiger charge is 2.18. The molecule has 4 aromatic rings. The number of nitrogens with zero attached hydrogens (tertiary/aromatic N) is 2. The van der Waals surface area contributed by atoms with Crippen LogP contribution in [0.2, 0.25) is 0 Å². The Morgan fingerprint density at radius 3 is 1.88 bits per heavy atom. The minimum atomic E-state index is 0.555. The molecule has 33 heavy (non-hydrogen) atoms. The maximum Gasteiger partial charge on any atom is 0.161 e. The summed E-state index contributed by atoms with van der Waals surface area (Å²) in [6.45, 7) is 3.41. The molecular formula is C29H26N2O2. The van der Waals surface area contributed by atoms with Crippen LogP contribution in [0.15, 0.2) is 97.1 Å². The van der Waals surface area contributed by atoms with Gasteiger partial charge in [0, 0.05) is 36.6 Å². The Balaban J connectivity index is 1.10. The van der Waals surface area contributed by atoms with Crippen molar-refractivity contribution in [2.24, 2.45) is 0 Å². The van der Waals surface area contributed by atoms with Gasteiger partial charge in [-0.3, -0.25) is 0 Å². The third kappa shape index (κ3) is 4.12. The Bertz CT molecular complexity index is 1150. The Morgan fingerprint density at radius 1 is 0.576 bits per heavy atom. The molecule has 4 aromatic carbocycles. The van der Waals surface area contributed by atoms with Gasteiger partial charge in [-0.05, 0) is 72.1 Å². The molecule has 0 spiro atoms. The molecule has 0 aliphatic carbocycles. The molecule has 0 amide bonds. The molecule has 0 aromatic heterocycles. The van der Waals surface area contributed by atoms with E-state index in [2.05, 4.69) is 82.6 Å². The number of benzene rings is 4. The van der Waals surface area contributed by atoms with E-state index in [0.29, 0.717) is 6.73 Å². The van der Waals surface area contributed by atoms with Crippen molar-refractivity contribution >= 4 is 11.4 Å². The molecule has 4 nitrogen and oxygen atoms in total. The monoisotopic (exact) mass is 434 g/mol. The van der Waals surface area contributed by atoms with Crippen LogP contribution in [-0.2, 0) is 19.5 Å². The van der Waals surface area contributed by atoms with Gasteiger partial charge in [-0.2, -0.15) is 0 Å². The summed E-state index contributed by atoms with van der Waals surface area (Å²) in [5.41, 5.74) is 6.46. The fourth-order valence-electron chi connectivity index (χ4n) is 4.64. The smallest absolute Gasteiger partial charge is 0.161 e. The second-order valence-corrected chi connectivity index (χ2v) is 8.61. The lowest BCUT2D eigenvalue weighted by Crippen LogP contribution is -2.31. The number of hydrogen-bond donors (Lipinski definition) is 0. The fourth-order valence-corrected chi connectivity index (χ4v) is 4.64. The van der Waals surface area contributed by atoms with Crippen molar-refractivity contribution in [3.63, 3.8) is 0 Å². The quantitative estimate of drug-likeness (QED) is 0.371. The first kappa shape index (κ1) is 19.7. The predicted molar refractivity (Wildman–Crippen MR) is 132 cm³/mol. The maximum absolute atomic E-state index is 6.11. The van der Waals surface area contributed by atoms with Crippen LogP contribution in [0.25, 0.3) is 0 Å². The number of ether oxygens (including phenoxy) is 2. The molecular weight excluding hydrogens is 408 g/mol. The van der Waals surface area contributed by atoms with Crippen molar-refractivity contribution in [3.8, 4) is 17.2 Å². The molecule has 0 unspecified atom stereocenters. The number of hydrogen-bond acceptors (Lipinski definition) is 4. The van der Waals surface area contributed by atoms with Crippen molar-refractivity contribution in [2.75, 3.05) is 23.1 Å². The first-order valence-electron chi connectivity index (χ1n) is 11.5. The van der Waals surface area contributed by atoms with E-state index < -0.39 is 0 Å². The minimum absolute atomic E-state index is 0.555. The van der Waals surface area contributed by atoms with Crippen molar-refractivity contribution in [1.29, 1.82) is 0 Å². The lowest BCUT2D eigenvalue weighted by molar-refractivity contribution is 0.289. The molecule has 0 fully saturated rings. The molecule has 0 N–H and O–H groups in total. The lowest BCUT2D eigenvalue weighted by atomic mass is 9.99. The average molecular weight is 435 g/mol. The molecule has 0 radical (unpaired) electrons. The van der Waals surface area contributed by atoms with Crippen LogP contribution >= 0.6 is 0 Å². The Hall–Kier alpha value is -3.92. The van der Waals surface area contributed by atoms with E-state index in [1.807, 2.05) is 24.3 Å². The van der Waals surface area contributed by atoms with E-state index in [1.54, 1.807) is 0 Å². The summed E-state index contributed by atoms with van der Waals surface area (Å²) in [7, 11) is 0. The normalized spacial score (nSPS) is 14.8. The molecule has 164 valence electrons. The first-order valence-corrected chi connectivity index (χ1v) is 11.5. The molecule has 0 saturated carbocycles. The molecule has 2 aliphatic rings. The average Bonchev–Trinajstić information content (AvgIpc) is 2.89. The lowest BCUT2D eigenvalue weighted by Gasteiger charge is -2.31. The summed E-state index contributed by atoms with van der Waals surface area (Å²) < 4.78 is 12.0. The molecule has 2 aliphatic heterocycles. The maximum atomic E-state index is 6.11. The fraction of sp³-hybridized carbons (Fsp3) is 0.172. The highest BCUT2D eigenvalue weighted by molar-refractivity contribution is 5.54. The second-order valence-electron chi connectivity index (χ2n) is 8.61. The van der Waals surface area contributed by atoms with Gasteiger partial charge in [0.15, 0.2) is 6.73 Å². The number of anilines is 2. The van der Waals surface area contributed by atoms with Gasteiger partial charge in [-0.25, -0.2) is 0 Å². The topological polar surface area (TPSA) is 24.9 Å². The zero-order valence-electron chi connectivity index (χ0n) is 18.5. The number of para-hydroxylation sites is 1. The van der Waals surface area contributed by atoms with Crippen LogP contribution < -0.4 is 19.3 Å². The number of rotatable bonds is 4. The SMILES string of the molecule is c1ccc2c(c1)CCN(c1ccc(Oc3ccc(N4COc5ccccc5C4)cc3)cc1)C2. The highest BCUT2D eigenvalue weighted by Crippen LogP contribution is 2.31. The summed E-state index contributed by atoms with van der Waals surface area (Å²) >= 11 is 0. The van der Waals surface area contributed by atoms with E-state index in [4.69, 9.17) is 9.47 Å². The third-order valence-corrected chi connectivity index (χ3v) is 6.48. The Kier molecular flexibility index (Phi) is 5.11. The summed E-state index contributed by atoms with van der Waals surface area (Å²) in [4.78, 5) is 4.65. The van der Waals surface area contributed by atoms with E-state index in [0.717, 1.165) is 49.0 Å². The standard InChI is InChI=1S/C29H26N2O2/c1-2-6-23-19-30(18-17-22(23)5-1)25-9-13-27(14-10-25)33-28-15-11-26(12-16-28)31-20-24-7-3-4-8-29(24)32-21-31/h1-16H,17-21H2. The summed E-state index contributed by atoms with van der Waals surface area (Å²) in [5.74, 6) is 2.65. The van der Waals surface area contributed by atoms with Gasteiger partial charge in [0.25, 0.3) is 0 Å². The van der Waals surface area contributed by atoms with E-state index in [-0.39, 0.29) is 0 Å². The molecule has 6 rings (SSSR count). The van der Waals surface area contributed by atoms with Gasteiger partial charge in [0.1, 0.15) is 17.2 Å². The van der Waals surface area contributed by atoms with Gasteiger partial charge in [-0.15, -0.1) is 0 Å². The van der Waals surface area contributed by atoms with Crippen molar-refractivity contribution in [2.45, 2.75) is 19.5 Å². The summed E-state index contributed by atoms with van der Waals surface area (Å²) in [6.07, 6.45) is 1.09. The van der Waals surface area contributed by atoms with Crippen molar-refractivity contribution in [3.05, 3.63) is 114 Å². The molecule has 0 bridgehead atoms. The van der Waals surface area contributed by atoms with Crippen LogP contribution in [0.4, 0.5) is 11.4 Å². The molecule has 0 atom stereocenters. The van der Waals surface area contributed by atoms with Gasteiger partial charge >= 0.3 is 0 Å².